The van der Waals surface area contributed by atoms with Crippen molar-refractivity contribution < 1.29 is 14.3 Å². The summed E-state index contributed by atoms with van der Waals surface area (Å²) in [7, 11) is 0. The average molecular weight is 315 g/mol. The molecule has 0 aliphatic heterocycles. The molecular weight excluding hydrogens is 296 g/mol. The molecule has 1 fully saturated rings. The number of esters is 1. The Morgan fingerprint density at radius 1 is 1.43 bits per heavy atom. The second-order valence-electron chi connectivity index (χ2n) is 4.81. The molecule has 21 heavy (non-hydrogen) atoms. The minimum atomic E-state index is -0.568. The number of ether oxygens (including phenoxy) is 1. The zero-order chi connectivity index (χ0) is 15.4. The van der Waals surface area contributed by atoms with Gasteiger partial charge in [0.25, 0.3) is 0 Å². The molecule has 8 heteroatoms. The summed E-state index contributed by atoms with van der Waals surface area (Å²) in [4.78, 5) is 25.8. The van der Waals surface area contributed by atoms with Crippen LogP contribution in [-0.2, 0) is 22.0 Å². The summed E-state index contributed by atoms with van der Waals surface area (Å²) in [6.07, 6.45) is 2.10. The van der Waals surface area contributed by atoms with Gasteiger partial charge in [-0.1, -0.05) is 5.21 Å². The molecule has 0 N–H and O–H groups in total. The van der Waals surface area contributed by atoms with E-state index in [0.29, 0.717) is 18.3 Å². The number of amides is 1. The smallest absolute Gasteiger partial charge is 0.360 e. The van der Waals surface area contributed by atoms with Crippen LogP contribution in [0.25, 0.3) is 0 Å². The first kappa shape index (κ1) is 15.8. The third kappa shape index (κ3) is 3.53. The fourth-order valence-electron chi connectivity index (χ4n) is 2.19. The van der Waals surface area contributed by atoms with Crippen LogP contribution >= 0.6 is 11.6 Å². The number of carbonyl (C=O) groups is 2. The highest BCUT2D eigenvalue weighted by Crippen LogP contribution is 2.26. The number of hydrogen-bond acceptors (Lipinski definition) is 5. The number of nitrogens with zero attached hydrogens (tertiary/aromatic N) is 4. The average Bonchev–Trinajstić information content (AvgIpc) is 3.20. The molecule has 0 unspecified atom stereocenters. The summed E-state index contributed by atoms with van der Waals surface area (Å²) < 4.78 is 6.28. The van der Waals surface area contributed by atoms with Crippen LogP contribution in [0.1, 0.15) is 42.9 Å². The van der Waals surface area contributed by atoms with E-state index in [-0.39, 0.29) is 30.6 Å². The number of carbonyl (C=O) groups excluding carboxylic acids is 2. The van der Waals surface area contributed by atoms with Crippen LogP contribution in [0.4, 0.5) is 0 Å². The molecule has 0 spiro atoms. The van der Waals surface area contributed by atoms with Crippen molar-refractivity contribution in [3.63, 3.8) is 0 Å². The van der Waals surface area contributed by atoms with Crippen LogP contribution < -0.4 is 0 Å². The molecule has 0 saturated heterocycles. The monoisotopic (exact) mass is 314 g/mol. The molecule has 0 radical (unpaired) electrons. The van der Waals surface area contributed by atoms with Crippen molar-refractivity contribution in [2.75, 3.05) is 13.2 Å². The van der Waals surface area contributed by atoms with E-state index < -0.39 is 5.97 Å². The van der Waals surface area contributed by atoms with Gasteiger partial charge in [-0.05, 0) is 26.7 Å². The van der Waals surface area contributed by atoms with Gasteiger partial charge in [0.15, 0.2) is 5.69 Å². The van der Waals surface area contributed by atoms with Gasteiger partial charge in [0.2, 0.25) is 5.91 Å². The van der Waals surface area contributed by atoms with Gasteiger partial charge >= 0.3 is 5.97 Å². The van der Waals surface area contributed by atoms with Gasteiger partial charge in [0, 0.05) is 12.6 Å². The molecule has 2 rings (SSSR count). The topological polar surface area (TPSA) is 77.3 Å². The third-order valence-corrected chi connectivity index (χ3v) is 3.62. The molecule has 0 bridgehead atoms. The van der Waals surface area contributed by atoms with E-state index >= 15 is 0 Å². The highest BCUT2D eigenvalue weighted by atomic mass is 35.5. The van der Waals surface area contributed by atoms with E-state index in [9.17, 15) is 9.59 Å². The number of likely N-dealkylation sites (N-methyl/N-ethyl adjacent to an activating group) is 1. The normalized spacial score (nSPS) is 14.0. The molecular formula is C13H19ClN4O3. The molecule has 1 heterocycles. The van der Waals surface area contributed by atoms with Crippen LogP contribution in [0.2, 0.25) is 0 Å². The van der Waals surface area contributed by atoms with Crippen LogP contribution in [0.5, 0.6) is 0 Å². The lowest BCUT2D eigenvalue weighted by atomic mass is 10.3. The first-order valence-electron chi connectivity index (χ1n) is 7.07. The van der Waals surface area contributed by atoms with Crippen molar-refractivity contribution in [3.8, 4) is 0 Å². The fourth-order valence-corrected chi connectivity index (χ4v) is 2.46. The molecule has 116 valence electrons. The summed E-state index contributed by atoms with van der Waals surface area (Å²) in [6, 6.07) is 0.343. The van der Waals surface area contributed by atoms with Crippen molar-refractivity contribution in [2.45, 2.75) is 45.2 Å². The van der Waals surface area contributed by atoms with Crippen LogP contribution in [0.3, 0.4) is 0 Å². The Kier molecular flexibility index (Phi) is 5.17. The zero-order valence-electron chi connectivity index (χ0n) is 12.2. The van der Waals surface area contributed by atoms with E-state index in [4.69, 9.17) is 16.3 Å². The Bertz CT molecular complexity index is 527. The minimum Gasteiger partial charge on any atom is -0.461 e. The molecule has 1 saturated carbocycles. The van der Waals surface area contributed by atoms with Gasteiger partial charge in [-0.3, -0.25) is 4.79 Å². The number of aromatic nitrogens is 3. The third-order valence-electron chi connectivity index (χ3n) is 3.37. The first-order chi connectivity index (χ1) is 10.1. The second-order valence-corrected chi connectivity index (χ2v) is 5.07. The molecule has 0 atom stereocenters. The molecule has 1 aliphatic carbocycles. The summed E-state index contributed by atoms with van der Waals surface area (Å²) in [5.74, 6) is -0.558. The lowest BCUT2D eigenvalue weighted by Gasteiger charge is -2.20. The second kappa shape index (κ2) is 6.89. The van der Waals surface area contributed by atoms with Crippen LogP contribution in [0, 0.1) is 0 Å². The van der Waals surface area contributed by atoms with E-state index in [0.717, 1.165) is 12.8 Å². The van der Waals surface area contributed by atoms with E-state index in [2.05, 4.69) is 10.3 Å². The van der Waals surface area contributed by atoms with Gasteiger partial charge in [-0.15, -0.1) is 16.7 Å². The Hall–Kier alpha value is -1.63. The molecule has 1 amide bonds. The van der Waals surface area contributed by atoms with Crippen molar-refractivity contribution in [3.05, 3.63) is 11.4 Å². The Balaban J connectivity index is 2.12. The van der Waals surface area contributed by atoms with Gasteiger partial charge in [-0.25, -0.2) is 9.48 Å². The maximum atomic E-state index is 12.3. The van der Waals surface area contributed by atoms with Crippen molar-refractivity contribution in [1.82, 2.24) is 19.9 Å². The van der Waals surface area contributed by atoms with Gasteiger partial charge in [-0.2, -0.15) is 0 Å². The van der Waals surface area contributed by atoms with Crippen LogP contribution in [0.15, 0.2) is 0 Å². The van der Waals surface area contributed by atoms with Gasteiger partial charge < -0.3 is 9.64 Å². The van der Waals surface area contributed by atoms with Gasteiger partial charge in [0.1, 0.15) is 6.54 Å². The number of halogens is 1. The van der Waals surface area contributed by atoms with Crippen molar-refractivity contribution >= 4 is 23.5 Å². The summed E-state index contributed by atoms with van der Waals surface area (Å²) in [5, 5.41) is 7.65. The Morgan fingerprint density at radius 3 is 2.67 bits per heavy atom. The number of alkyl halides is 1. The predicted molar refractivity (Wildman–Crippen MR) is 75.9 cm³/mol. The SMILES string of the molecule is CCOC(=O)c1nnn(CC(=O)N(CC)C2CC2)c1CCl. The van der Waals surface area contributed by atoms with Crippen LogP contribution in [-0.4, -0.2) is 51.0 Å². The maximum absolute atomic E-state index is 12.3. The summed E-state index contributed by atoms with van der Waals surface area (Å²) in [6.45, 7) is 4.61. The lowest BCUT2D eigenvalue weighted by molar-refractivity contribution is -0.132. The highest BCUT2D eigenvalue weighted by Gasteiger charge is 2.32. The molecule has 1 aromatic heterocycles. The molecule has 0 aromatic carbocycles. The van der Waals surface area contributed by atoms with E-state index in [1.165, 1.54) is 4.68 Å². The molecule has 1 aromatic rings. The van der Waals surface area contributed by atoms with Crippen molar-refractivity contribution in [2.24, 2.45) is 0 Å². The summed E-state index contributed by atoms with van der Waals surface area (Å²) in [5.41, 5.74) is 0.490. The fraction of sp³-hybridized carbons (Fsp3) is 0.692. The molecule has 7 nitrogen and oxygen atoms in total. The first-order valence-corrected chi connectivity index (χ1v) is 7.60. The summed E-state index contributed by atoms with van der Waals surface area (Å²) >= 11 is 5.86. The maximum Gasteiger partial charge on any atom is 0.360 e. The van der Waals surface area contributed by atoms with Crippen molar-refractivity contribution in [1.29, 1.82) is 0 Å². The predicted octanol–water partition coefficient (Wildman–Crippen LogP) is 1.20. The quantitative estimate of drug-likeness (QED) is 0.558. The zero-order valence-corrected chi connectivity index (χ0v) is 13.0. The van der Waals surface area contributed by atoms with E-state index in [1.807, 2.05) is 11.8 Å². The Labute approximate surface area is 128 Å². The van der Waals surface area contributed by atoms with E-state index in [1.54, 1.807) is 6.92 Å². The largest absolute Gasteiger partial charge is 0.461 e. The Morgan fingerprint density at radius 2 is 2.14 bits per heavy atom. The number of rotatable bonds is 7. The lowest BCUT2D eigenvalue weighted by Crippen LogP contribution is -2.36. The van der Waals surface area contributed by atoms with Gasteiger partial charge in [0.05, 0.1) is 18.2 Å². The minimum absolute atomic E-state index is 0.0355. The highest BCUT2D eigenvalue weighted by molar-refractivity contribution is 6.17. The molecule has 1 aliphatic rings. The number of hydrogen-bond donors (Lipinski definition) is 0. The standard InChI is InChI=1S/C13H19ClN4O3/c1-3-17(9-5-6-9)11(19)8-18-10(7-14)12(15-16-18)13(20)21-4-2/h9H,3-8H2,1-2H3.